The molecule has 6 nitrogen and oxygen atoms in total. The highest BCUT2D eigenvalue weighted by molar-refractivity contribution is 5.75. The summed E-state index contributed by atoms with van der Waals surface area (Å²) in [6.07, 6.45) is 1.02. The van der Waals surface area contributed by atoms with E-state index in [0.717, 1.165) is 22.4 Å². The van der Waals surface area contributed by atoms with Crippen molar-refractivity contribution in [1.29, 1.82) is 0 Å². The van der Waals surface area contributed by atoms with Crippen molar-refractivity contribution in [3.8, 4) is 23.1 Å². The predicted molar refractivity (Wildman–Crippen MR) is 124 cm³/mol. The van der Waals surface area contributed by atoms with Crippen LogP contribution in [0, 0.1) is 0 Å². The maximum atomic E-state index is 12.5. The molecule has 4 aromatic rings. The van der Waals surface area contributed by atoms with E-state index in [-0.39, 0.29) is 12.7 Å². The summed E-state index contributed by atoms with van der Waals surface area (Å²) in [4.78, 5) is 16.7. The van der Waals surface area contributed by atoms with E-state index in [1.807, 2.05) is 84.9 Å². The lowest BCUT2D eigenvalue weighted by atomic mass is 10.1. The summed E-state index contributed by atoms with van der Waals surface area (Å²) in [5.74, 6) is 0.839. The monoisotopic (exact) mass is 443 g/mol. The minimum atomic E-state index is -0.886. The smallest absolute Gasteiger partial charge is 0.394 e. The molecule has 1 heterocycles. The van der Waals surface area contributed by atoms with E-state index < -0.39 is 12.1 Å². The molecule has 0 fully saturated rings. The molecule has 0 N–H and O–H groups in total. The van der Waals surface area contributed by atoms with Gasteiger partial charge in [0.05, 0.1) is 12.8 Å². The normalized spacial score (nSPS) is 11.5. The number of ether oxygens (including phenoxy) is 3. The van der Waals surface area contributed by atoms with Crippen LogP contribution in [0.1, 0.15) is 18.1 Å². The van der Waals surface area contributed by atoms with Gasteiger partial charge in [0.25, 0.3) is 0 Å². The molecule has 0 saturated heterocycles. The molecule has 0 amide bonds. The Morgan fingerprint density at radius 1 is 0.909 bits per heavy atom. The van der Waals surface area contributed by atoms with E-state index in [2.05, 4.69) is 4.98 Å². The summed E-state index contributed by atoms with van der Waals surface area (Å²) in [6.45, 7) is 2.50. The van der Waals surface area contributed by atoms with Gasteiger partial charge in [-0.05, 0) is 30.2 Å². The van der Waals surface area contributed by atoms with Gasteiger partial charge >= 0.3 is 12.0 Å². The van der Waals surface area contributed by atoms with Crippen LogP contribution in [-0.4, -0.2) is 23.7 Å². The fourth-order valence-electron chi connectivity index (χ4n) is 3.26. The van der Waals surface area contributed by atoms with E-state index in [4.69, 9.17) is 18.6 Å². The second-order valence-corrected chi connectivity index (χ2v) is 7.34. The van der Waals surface area contributed by atoms with Crippen LogP contribution >= 0.6 is 0 Å². The molecule has 3 aromatic carbocycles. The molecule has 0 spiro atoms. The maximum Gasteiger partial charge on any atom is 0.394 e. The summed E-state index contributed by atoms with van der Waals surface area (Å²) < 4.78 is 22.5. The van der Waals surface area contributed by atoms with Crippen molar-refractivity contribution in [2.75, 3.05) is 6.61 Å². The van der Waals surface area contributed by atoms with Crippen molar-refractivity contribution in [1.82, 2.24) is 4.98 Å². The Kier molecular flexibility index (Phi) is 7.38. The first-order valence-corrected chi connectivity index (χ1v) is 10.8. The average molecular weight is 443 g/mol. The zero-order valence-electron chi connectivity index (χ0n) is 18.3. The van der Waals surface area contributed by atoms with Gasteiger partial charge in [-0.2, -0.15) is 4.98 Å². The topological polar surface area (TPSA) is 70.8 Å². The summed E-state index contributed by atoms with van der Waals surface area (Å²) in [7, 11) is 0. The predicted octanol–water partition coefficient (Wildman–Crippen LogP) is 5.47. The molecule has 33 heavy (non-hydrogen) atoms. The minimum Gasteiger partial charge on any atom is -0.489 e. The van der Waals surface area contributed by atoms with Crippen molar-refractivity contribution in [2.24, 2.45) is 0 Å². The molecule has 0 aliphatic rings. The molecular formula is C27H25NO5. The third-order valence-electron chi connectivity index (χ3n) is 4.93. The second-order valence-electron chi connectivity index (χ2n) is 7.34. The maximum absolute atomic E-state index is 12.5. The highest BCUT2D eigenvalue weighted by Crippen LogP contribution is 2.25. The van der Waals surface area contributed by atoms with Crippen molar-refractivity contribution >= 4 is 5.97 Å². The molecule has 168 valence electrons. The molecule has 6 heteroatoms. The molecule has 0 aliphatic heterocycles. The Bertz CT molecular complexity index is 1140. The van der Waals surface area contributed by atoms with Crippen LogP contribution in [0.5, 0.6) is 11.8 Å². The summed E-state index contributed by atoms with van der Waals surface area (Å²) in [6, 6.07) is 27.1. The average Bonchev–Trinajstić information content (AvgIpc) is 3.33. The van der Waals surface area contributed by atoms with Crippen LogP contribution in [0.25, 0.3) is 11.3 Å². The van der Waals surface area contributed by atoms with Gasteiger partial charge in [-0.25, -0.2) is 4.79 Å². The van der Waals surface area contributed by atoms with Gasteiger partial charge in [0.2, 0.25) is 6.10 Å². The number of oxazole rings is 1. The first-order valence-electron chi connectivity index (χ1n) is 10.8. The van der Waals surface area contributed by atoms with E-state index in [9.17, 15) is 4.79 Å². The van der Waals surface area contributed by atoms with Gasteiger partial charge < -0.3 is 18.6 Å². The van der Waals surface area contributed by atoms with Crippen LogP contribution in [0.2, 0.25) is 0 Å². The first-order chi connectivity index (χ1) is 16.2. The van der Waals surface area contributed by atoms with Crippen molar-refractivity contribution in [2.45, 2.75) is 26.1 Å². The van der Waals surface area contributed by atoms with E-state index in [0.29, 0.717) is 18.8 Å². The third kappa shape index (κ3) is 6.23. The van der Waals surface area contributed by atoms with Gasteiger partial charge in [0, 0.05) is 12.0 Å². The lowest BCUT2D eigenvalue weighted by molar-refractivity contribution is -0.152. The molecular weight excluding hydrogens is 418 g/mol. The largest absolute Gasteiger partial charge is 0.489 e. The number of carbonyl (C=O) groups is 1. The number of rotatable bonds is 10. The van der Waals surface area contributed by atoms with Crippen molar-refractivity contribution < 1.29 is 23.4 Å². The molecule has 0 saturated carbocycles. The Morgan fingerprint density at radius 3 is 2.30 bits per heavy atom. The molecule has 1 aromatic heterocycles. The molecule has 4 rings (SSSR count). The molecule has 0 radical (unpaired) electrons. The SMILES string of the molecule is CCOC(=O)C(Cc1ccc(OCc2ccccc2)cc1)Oc1ncc(-c2ccccc2)o1. The van der Waals surface area contributed by atoms with Crippen molar-refractivity contribution in [3.05, 3.63) is 102 Å². The van der Waals surface area contributed by atoms with Crippen LogP contribution in [0.4, 0.5) is 0 Å². The van der Waals surface area contributed by atoms with Gasteiger partial charge in [-0.1, -0.05) is 72.8 Å². The lowest BCUT2D eigenvalue weighted by Crippen LogP contribution is -2.31. The Labute approximate surface area is 192 Å². The Hall–Kier alpha value is -4.06. The Balaban J connectivity index is 1.41. The van der Waals surface area contributed by atoms with Gasteiger partial charge in [-0.15, -0.1) is 0 Å². The summed E-state index contributed by atoms with van der Waals surface area (Å²) >= 11 is 0. The number of nitrogens with zero attached hydrogens (tertiary/aromatic N) is 1. The second kappa shape index (κ2) is 11.0. The van der Waals surface area contributed by atoms with E-state index >= 15 is 0 Å². The third-order valence-corrected chi connectivity index (χ3v) is 4.93. The zero-order chi connectivity index (χ0) is 22.9. The molecule has 1 unspecified atom stereocenters. The van der Waals surface area contributed by atoms with Gasteiger partial charge in [0.15, 0.2) is 5.76 Å². The molecule has 0 aliphatic carbocycles. The zero-order valence-corrected chi connectivity index (χ0v) is 18.3. The fraction of sp³-hybridized carbons (Fsp3) is 0.185. The van der Waals surface area contributed by atoms with Gasteiger partial charge in [-0.3, -0.25) is 0 Å². The van der Waals surface area contributed by atoms with E-state index in [1.54, 1.807) is 13.1 Å². The summed E-state index contributed by atoms with van der Waals surface area (Å²) in [5, 5.41) is 0. The van der Waals surface area contributed by atoms with Crippen molar-refractivity contribution in [3.63, 3.8) is 0 Å². The summed E-state index contributed by atoms with van der Waals surface area (Å²) in [5.41, 5.74) is 2.87. The standard InChI is InChI=1S/C27H25NO5/c1-2-30-26(29)24(32-27-28-18-25(33-27)22-11-7-4-8-12-22)17-20-13-15-23(16-14-20)31-19-21-9-5-3-6-10-21/h3-16,18,24H,2,17,19H2,1H3. The number of hydrogen-bond acceptors (Lipinski definition) is 6. The van der Waals surface area contributed by atoms with Crippen LogP contribution in [-0.2, 0) is 22.6 Å². The van der Waals surface area contributed by atoms with Crippen LogP contribution in [0.3, 0.4) is 0 Å². The molecule has 0 bridgehead atoms. The number of carbonyl (C=O) groups excluding carboxylic acids is 1. The quantitative estimate of drug-likeness (QED) is 0.303. The minimum absolute atomic E-state index is 0.0229. The fourth-order valence-corrected chi connectivity index (χ4v) is 3.26. The lowest BCUT2D eigenvalue weighted by Gasteiger charge is -2.15. The highest BCUT2D eigenvalue weighted by Gasteiger charge is 2.25. The van der Waals surface area contributed by atoms with Crippen LogP contribution in [0.15, 0.2) is 95.5 Å². The van der Waals surface area contributed by atoms with E-state index in [1.165, 1.54) is 0 Å². The highest BCUT2D eigenvalue weighted by atomic mass is 16.6. The molecule has 1 atom stereocenters. The van der Waals surface area contributed by atoms with Gasteiger partial charge in [0.1, 0.15) is 12.4 Å². The Morgan fingerprint density at radius 2 is 1.61 bits per heavy atom. The van der Waals surface area contributed by atoms with Crippen LogP contribution < -0.4 is 9.47 Å². The first kappa shape index (κ1) is 22.1. The number of benzene rings is 3. The number of aromatic nitrogens is 1. The number of hydrogen-bond donors (Lipinski definition) is 0. The number of esters is 1.